The van der Waals surface area contributed by atoms with Gasteiger partial charge in [-0.25, -0.2) is 0 Å². The lowest BCUT2D eigenvalue weighted by molar-refractivity contribution is -0.142. The van der Waals surface area contributed by atoms with Crippen LogP contribution in [-0.4, -0.2) is 62.8 Å². The maximum atomic E-state index is 12.0. The maximum absolute atomic E-state index is 12.0. The minimum absolute atomic E-state index is 0.0601. The average molecular weight is 300 g/mol. The minimum atomic E-state index is -0.219. The van der Waals surface area contributed by atoms with E-state index in [2.05, 4.69) is 10.1 Å². The molecule has 0 aromatic carbocycles. The molecular weight excluding hydrogens is 272 g/mol. The number of hydrogen-bond donors (Lipinski definition) is 1. The van der Waals surface area contributed by atoms with Crippen molar-refractivity contribution < 1.29 is 19.1 Å². The Morgan fingerprint density at radius 1 is 1.29 bits per heavy atom. The Morgan fingerprint density at radius 2 is 1.95 bits per heavy atom. The molecule has 6 heteroatoms. The SMILES string of the molecule is COC(=O)CN1CCC(C(=O)NCCCOC(C)C)CC1. The number of esters is 1. The zero-order valence-corrected chi connectivity index (χ0v) is 13.4. The molecular formula is C15H28N2O4. The molecule has 0 aliphatic carbocycles. The number of ether oxygens (including phenoxy) is 2. The Morgan fingerprint density at radius 3 is 2.52 bits per heavy atom. The van der Waals surface area contributed by atoms with Crippen LogP contribution in [0, 0.1) is 5.92 Å². The average Bonchev–Trinajstić information content (AvgIpc) is 2.47. The molecule has 122 valence electrons. The highest BCUT2D eigenvalue weighted by Crippen LogP contribution is 2.17. The lowest BCUT2D eigenvalue weighted by Crippen LogP contribution is -2.42. The molecule has 0 unspecified atom stereocenters. The van der Waals surface area contributed by atoms with E-state index in [1.54, 1.807) is 0 Å². The van der Waals surface area contributed by atoms with E-state index in [1.807, 2.05) is 18.7 Å². The number of amides is 1. The Labute approximate surface area is 127 Å². The van der Waals surface area contributed by atoms with Gasteiger partial charge in [0.15, 0.2) is 0 Å². The van der Waals surface area contributed by atoms with Crippen LogP contribution >= 0.6 is 0 Å². The Kier molecular flexibility index (Phi) is 8.30. The second-order valence-corrected chi connectivity index (χ2v) is 5.69. The molecule has 1 saturated heterocycles. The first-order valence-electron chi connectivity index (χ1n) is 7.71. The Balaban J connectivity index is 2.12. The van der Waals surface area contributed by atoms with E-state index in [9.17, 15) is 9.59 Å². The molecule has 0 aromatic rings. The summed E-state index contributed by atoms with van der Waals surface area (Å²) in [6, 6.07) is 0. The van der Waals surface area contributed by atoms with Gasteiger partial charge in [0.05, 0.1) is 19.8 Å². The first-order valence-corrected chi connectivity index (χ1v) is 7.71. The van der Waals surface area contributed by atoms with Crippen LogP contribution < -0.4 is 5.32 Å². The van der Waals surface area contributed by atoms with Gasteiger partial charge in [-0.3, -0.25) is 14.5 Å². The van der Waals surface area contributed by atoms with E-state index in [-0.39, 0.29) is 23.9 Å². The molecule has 1 amide bonds. The van der Waals surface area contributed by atoms with Crippen molar-refractivity contribution in [1.82, 2.24) is 10.2 Å². The fourth-order valence-electron chi connectivity index (χ4n) is 2.35. The van der Waals surface area contributed by atoms with Gasteiger partial charge in [0.25, 0.3) is 0 Å². The third-order valence-electron chi connectivity index (χ3n) is 3.61. The highest BCUT2D eigenvalue weighted by molar-refractivity contribution is 5.78. The first kappa shape index (κ1) is 17.9. The highest BCUT2D eigenvalue weighted by atomic mass is 16.5. The van der Waals surface area contributed by atoms with Crippen LogP contribution in [-0.2, 0) is 19.1 Å². The summed E-state index contributed by atoms with van der Waals surface area (Å²) in [5, 5.41) is 2.96. The molecule has 21 heavy (non-hydrogen) atoms. The smallest absolute Gasteiger partial charge is 0.319 e. The number of carbonyl (C=O) groups excluding carboxylic acids is 2. The fraction of sp³-hybridized carbons (Fsp3) is 0.867. The van der Waals surface area contributed by atoms with Crippen molar-refractivity contribution in [3.8, 4) is 0 Å². The van der Waals surface area contributed by atoms with Gasteiger partial charge >= 0.3 is 5.97 Å². The summed E-state index contributed by atoms with van der Waals surface area (Å²) >= 11 is 0. The molecule has 6 nitrogen and oxygen atoms in total. The number of nitrogens with zero attached hydrogens (tertiary/aromatic N) is 1. The highest BCUT2D eigenvalue weighted by Gasteiger charge is 2.25. The van der Waals surface area contributed by atoms with E-state index in [0.29, 0.717) is 19.7 Å². The first-order chi connectivity index (χ1) is 10.0. The number of piperidine rings is 1. The summed E-state index contributed by atoms with van der Waals surface area (Å²) in [7, 11) is 1.39. The van der Waals surface area contributed by atoms with Crippen molar-refractivity contribution in [2.45, 2.75) is 39.2 Å². The lowest BCUT2D eigenvalue weighted by atomic mass is 9.96. The van der Waals surface area contributed by atoms with Crippen molar-refractivity contribution in [3.05, 3.63) is 0 Å². The summed E-state index contributed by atoms with van der Waals surface area (Å²) in [5.74, 6) is -0.0368. The van der Waals surface area contributed by atoms with Crippen LogP contribution in [0.2, 0.25) is 0 Å². The molecule has 0 saturated carbocycles. The molecule has 0 radical (unpaired) electrons. The fourth-order valence-corrected chi connectivity index (χ4v) is 2.35. The monoisotopic (exact) mass is 300 g/mol. The molecule has 0 bridgehead atoms. The number of nitrogens with one attached hydrogen (secondary N) is 1. The molecule has 1 rings (SSSR count). The zero-order valence-electron chi connectivity index (χ0n) is 13.4. The van der Waals surface area contributed by atoms with Crippen LogP contribution in [0.4, 0.5) is 0 Å². The largest absolute Gasteiger partial charge is 0.468 e. The van der Waals surface area contributed by atoms with Crippen molar-refractivity contribution >= 4 is 11.9 Å². The van der Waals surface area contributed by atoms with Gasteiger partial charge in [-0.15, -0.1) is 0 Å². The Bertz CT molecular complexity index is 326. The number of rotatable bonds is 8. The van der Waals surface area contributed by atoms with Gasteiger partial charge in [-0.05, 0) is 46.2 Å². The molecule has 1 aliphatic rings. The molecule has 1 aliphatic heterocycles. The minimum Gasteiger partial charge on any atom is -0.468 e. The second kappa shape index (κ2) is 9.73. The van der Waals surface area contributed by atoms with Crippen LogP contribution in [0.15, 0.2) is 0 Å². The third kappa shape index (κ3) is 7.43. The molecule has 0 aromatic heterocycles. The maximum Gasteiger partial charge on any atom is 0.319 e. The molecule has 0 atom stereocenters. The van der Waals surface area contributed by atoms with Crippen LogP contribution in [0.5, 0.6) is 0 Å². The van der Waals surface area contributed by atoms with Crippen LogP contribution in [0.3, 0.4) is 0 Å². The van der Waals surface area contributed by atoms with Gasteiger partial charge in [-0.1, -0.05) is 0 Å². The quantitative estimate of drug-likeness (QED) is 0.530. The normalized spacial score (nSPS) is 17.0. The summed E-state index contributed by atoms with van der Waals surface area (Å²) < 4.78 is 10.1. The van der Waals surface area contributed by atoms with E-state index >= 15 is 0 Å². The molecule has 1 heterocycles. The van der Waals surface area contributed by atoms with E-state index in [1.165, 1.54) is 7.11 Å². The molecule has 1 fully saturated rings. The number of carbonyl (C=O) groups is 2. The second-order valence-electron chi connectivity index (χ2n) is 5.69. The predicted octanol–water partition coefficient (Wildman–Crippen LogP) is 0.803. The predicted molar refractivity (Wildman–Crippen MR) is 79.9 cm³/mol. The standard InChI is InChI=1S/C15H28N2O4/c1-12(2)21-10-4-7-16-15(19)13-5-8-17(9-6-13)11-14(18)20-3/h12-13H,4-11H2,1-3H3,(H,16,19). The van der Waals surface area contributed by atoms with E-state index in [4.69, 9.17) is 4.74 Å². The lowest BCUT2D eigenvalue weighted by Gasteiger charge is -2.30. The summed E-state index contributed by atoms with van der Waals surface area (Å²) in [4.78, 5) is 25.2. The number of methoxy groups -OCH3 is 1. The number of likely N-dealkylation sites (tertiary alicyclic amines) is 1. The summed E-state index contributed by atoms with van der Waals surface area (Å²) in [6.45, 7) is 7.19. The van der Waals surface area contributed by atoms with Crippen molar-refractivity contribution in [2.24, 2.45) is 5.92 Å². The topological polar surface area (TPSA) is 67.9 Å². The van der Waals surface area contributed by atoms with Gasteiger partial charge in [-0.2, -0.15) is 0 Å². The van der Waals surface area contributed by atoms with Gasteiger partial charge in [0, 0.05) is 19.1 Å². The number of hydrogen-bond acceptors (Lipinski definition) is 5. The third-order valence-corrected chi connectivity index (χ3v) is 3.61. The van der Waals surface area contributed by atoms with Gasteiger partial charge in [0.1, 0.15) is 0 Å². The Hall–Kier alpha value is -1.14. The molecule has 0 spiro atoms. The van der Waals surface area contributed by atoms with Gasteiger partial charge < -0.3 is 14.8 Å². The summed E-state index contributed by atoms with van der Waals surface area (Å²) in [5.41, 5.74) is 0. The van der Waals surface area contributed by atoms with Crippen molar-refractivity contribution in [3.63, 3.8) is 0 Å². The van der Waals surface area contributed by atoms with Crippen LogP contribution in [0.25, 0.3) is 0 Å². The van der Waals surface area contributed by atoms with E-state index < -0.39 is 0 Å². The van der Waals surface area contributed by atoms with Crippen LogP contribution in [0.1, 0.15) is 33.1 Å². The van der Waals surface area contributed by atoms with Gasteiger partial charge in [0.2, 0.25) is 5.91 Å². The van der Waals surface area contributed by atoms with Crippen molar-refractivity contribution in [2.75, 3.05) is 39.9 Å². The zero-order chi connectivity index (χ0) is 15.7. The van der Waals surface area contributed by atoms with E-state index in [0.717, 1.165) is 32.4 Å². The summed E-state index contributed by atoms with van der Waals surface area (Å²) in [6.07, 6.45) is 2.67. The molecule has 1 N–H and O–H groups in total. The van der Waals surface area contributed by atoms with Crippen molar-refractivity contribution in [1.29, 1.82) is 0 Å².